The molecule has 0 aliphatic heterocycles. The highest BCUT2D eigenvalue weighted by atomic mass is 32.2. The molecule has 1 heterocycles. The molecular formula is C19H19N3O3S2. The maximum absolute atomic E-state index is 12.4. The summed E-state index contributed by atoms with van der Waals surface area (Å²) in [6.07, 6.45) is 1.16. The molecule has 27 heavy (non-hydrogen) atoms. The van der Waals surface area contributed by atoms with Crippen LogP contribution in [0.5, 0.6) is 0 Å². The first-order valence-electron chi connectivity index (χ1n) is 8.21. The molecule has 0 unspecified atom stereocenters. The largest absolute Gasteiger partial charge is 0.344 e. The fourth-order valence-electron chi connectivity index (χ4n) is 2.44. The van der Waals surface area contributed by atoms with Crippen molar-refractivity contribution >= 4 is 37.9 Å². The summed E-state index contributed by atoms with van der Waals surface area (Å²) in [4.78, 5) is 16.9. The number of rotatable bonds is 6. The van der Waals surface area contributed by atoms with Crippen LogP contribution in [0.2, 0.25) is 0 Å². The maximum Gasteiger partial charge on any atom is 0.271 e. The summed E-state index contributed by atoms with van der Waals surface area (Å²) in [5.74, 6) is -0.247. The lowest BCUT2D eigenvalue weighted by Gasteiger charge is -2.13. The van der Waals surface area contributed by atoms with Crippen LogP contribution in [0.15, 0.2) is 64.9 Å². The highest BCUT2D eigenvalue weighted by Crippen LogP contribution is 2.23. The Bertz CT molecular complexity index is 1030. The number of hydrogen-bond donors (Lipinski definition) is 2. The number of hydrogen-bond acceptors (Lipinski definition) is 6. The van der Waals surface area contributed by atoms with Gasteiger partial charge in [0.1, 0.15) is 5.69 Å². The van der Waals surface area contributed by atoms with Gasteiger partial charge < -0.3 is 10.6 Å². The Morgan fingerprint density at radius 2 is 1.74 bits per heavy atom. The molecule has 0 aliphatic carbocycles. The Morgan fingerprint density at radius 1 is 1.07 bits per heavy atom. The van der Waals surface area contributed by atoms with Gasteiger partial charge in [0, 0.05) is 17.3 Å². The molecule has 1 atom stereocenters. The molecule has 2 aromatic carbocycles. The first kappa shape index (κ1) is 19.1. The molecule has 1 aromatic heterocycles. The Kier molecular flexibility index (Phi) is 5.57. The molecule has 3 aromatic rings. The lowest BCUT2D eigenvalue weighted by atomic mass is 10.1. The Labute approximate surface area is 162 Å². The number of amides is 1. The molecule has 8 heteroatoms. The Balaban J connectivity index is 1.65. The van der Waals surface area contributed by atoms with Crippen molar-refractivity contribution < 1.29 is 13.2 Å². The van der Waals surface area contributed by atoms with Crippen molar-refractivity contribution in [3.05, 3.63) is 71.2 Å². The first-order chi connectivity index (χ1) is 12.8. The zero-order valence-electron chi connectivity index (χ0n) is 14.8. The second kappa shape index (κ2) is 7.89. The van der Waals surface area contributed by atoms with E-state index >= 15 is 0 Å². The minimum absolute atomic E-state index is 0.125. The summed E-state index contributed by atoms with van der Waals surface area (Å²) in [5.41, 5.74) is 2.05. The topological polar surface area (TPSA) is 88.2 Å². The highest BCUT2D eigenvalue weighted by molar-refractivity contribution is 7.90. The number of aromatic nitrogens is 1. The number of benzene rings is 2. The summed E-state index contributed by atoms with van der Waals surface area (Å²) in [7, 11) is -3.23. The van der Waals surface area contributed by atoms with Crippen LogP contribution >= 0.6 is 11.3 Å². The molecule has 0 spiro atoms. The third-order valence-corrected chi connectivity index (χ3v) is 5.80. The van der Waals surface area contributed by atoms with Crippen molar-refractivity contribution in [1.82, 2.24) is 10.3 Å². The van der Waals surface area contributed by atoms with E-state index in [9.17, 15) is 13.2 Å². The monoisotopic (exact) mass is 401 g/mol. The van der Waals surface area contributed by atoms with E-state index in [4.69, 9.17) is 0 Å². The average Bonchev–Trinajstić information content (AvgIpc) is 3.11. The SMILES string of the molecule is C[C@@H](NC(=O)c1csc(Nc2ccc(S(C)(=O)=O)cc2)n1)c1ccccc1. The number of carbonyl (C=O) groups excluding carboxylic acids is 1. The standard InChI is InChI=1S/C19H19N3O3S2/c1-13(14-6-4-3-5-7-14)20-18(23)17-12-26-19(22-17)21-15-8-10-16(11-9-15)27(2,24)25/h3-13H,1-2H3,(H,20,23)(H,21,22)/t13-/m1/s1. The number of thiazole rings is 1. The molecule has 0 bridgehead atoms. The van der Waals surface area contributed by atoms with Crippen molar-refractivity contribution in [3.63, 3.8) is 0 Å². The number of nitrogens with zero attached hydrogens (tertiary/aromatic N) is 1. The Hall–Kier alpha value is -2.71. The molecule has 1 amide bonds. The summed E-state index contributed by atoms with van der Waals surface area (Å²) >= 11 is 1.30. The number of sulfone groups is 1. The molecule has 140 valence electrons. The van der Waals surface area contributed by atoms with Gasteiger partial charge in [0.05, 0.1) is 10.9 Å². The molecule has 6 nitrogen and oxygen atoms in total. The van der Waals surface area contributed by atoms with Gasteiger partial charge in [0.15, 0.2) is 15.0 Å². The van der Waals surface area contributed by atoms with E-state index < -0.39 is 9.84 Å². The fourth-order valence-corrected chi connectivity index (χ4v) is 3.78. The van der Waals surface area contributed by atoms with Crippen LogP contribution in [0.3, 0.4) is 0 Å². The number of carbonyl (C=O) groups is 1. The molecule has 0 saturated carbocycles. The average molecular weight is 402 g/mol. The van der Waals surface area contributed by atoms with Crippen molar-refractivity contribution in [1.29, 1.82) is 0 Å². The normalized spacial score (nSPS) is 12.4. The zero-order chi connectivity index (χ0) is 19.4. The predicted octanol–water partition coefficient (Wildman–Crippen LogP) is 3.78. The third-order valence-electron chi connectivity index (χ3n) is 3.92. The lowest BCUT2D eigenvalue weighted by Crippen LogP contribution is -2.26. The third kappa shape index (κ3) is 4.93. The predicted molar refractivity (Wildman–Crippen MR) is 107 cm³/mol. The molecule has 0 aliphatic rings. The number of nitrogens with one attached hydrogen (secondary N) is 2. The summed E-state index contributed by atoms with van der Waals surface area (Å²) < 4.78 is 23.0. The zero-order valence-corrected chi connectivity index (χ0v) is 16.5. The molecule has 0 radical (unpaired) electrons. The minimum Gasteiger partial charge on any atom is -0.344 e. The van der Waals surface area contributed by atoms with E-state index in [-0.39, 0.29) is 16.8 Å². The van der Waals surface area contributed by atoms with Gasteiger partial charge >= 0.3 is 0 Å². The van der Waals surface area contributed by atoms with Crippen LogP contribution in [-0.2, 0) is 9.84 Å². The summed E-state index contributed by atoms with van der Waals surface area (Å²) in [6, 6.07) is 16.0. The molecule has 0 fully saturated rings. The van der Waals surface area contributed by atoms with E-state index in [1.807, 2.05) is 37.3 Å². The van der Waals surface area contributed by atoms with Gasteiger partial charge in [-0.05, 0) is 36.8 Å². The van der Waals surface area contributed by atoms with Gasteiger partial charge in [-0.1, -0.05) is 30.3 Å². The van der Waals surface area contributed by atoms with E-state index in [1.54, 1.807) is 17.5 Å². The second-order valence-electron chi connectivity index (χ2n) is 6.07. The molecule has 3 rings (SSSR count). The van der Waals surface area contributed by atoms with Crippen LogP contribution in [0.1, 0.15) is 29.0 Å². The van der Waals surface area contributed by atoms with Crippen LogP contribution in [0.25, 0.3) is 0 Å². The highest BCUT2D eigenvalue weighted by Gasteiger charge is 2.15. The minimum atomic E-state index is -3.23. The maximum atomic E-state index is 12.4. The van der Waals surface area contributed by atoms with Gasteiger partial charge in [0.25, 0.3) is 5.91 Å². The van der Waals surface area contributed by atoms with Crippen molar-refractivity contribution in [3.8, 4) is 0 Å². The summed E-state index contributed by atoms with van der Waals surface area (Å²) in [5, 5.41) is 8.24. The summed E-state index contributed by atoms with van der Waals surface area (Å²) in [6.45, 7) is 1.92. The van der Waals surface area contributed by atoms with Gasteiger partial charge in [0.2, 0.25) is 0 Å². The van der Waals surface area contributed by atoms with E-state index in [0.29, 0.717) is 16.5 Å². The van der Waals surface area contributed by atoms with Gasteiger partial charge in [-0.25, -0.2) is 13.4 Å². The van der Waals surface area contributed by atoms with Crippen LogP contribution < -0.4 is 10.6 Å². The molecular weight excluding hydrogens is 382 g/mol. The van der Waals surface area contributed by atoms with Crippen LogP contribution in [0, 0.1) is 0 Å². The van der Waals surface area contributed by atoms with Crippen molar-refractivity contribution in [2.75, 3.05) is 11.6 Å². The van der Waals surface area contributed by atoms with Gasteiger partial charge in [-0.3, -0.25) is 4.79 Å². The van der Waals surface area contributed by atoms with Gasteiger partial charge in [-0.2, -0.15) is 0 Å². The van der Waals surface area contributed by atoms with E-state index in [1.165, 1.54) is 23.5 Å². The quantitative estimate of drug-likeness (QED) is 0.656. The first-order valence-corrected chi connectivity index (χ1v) is 11.0. The molecule has 0 saturated heterocycles. The number of anilines is 2. The van der Waals surface area contributed by atoms with Crippen LogP contribution in [-0.4, -0.2) is 25.6 Å². The molecule has 2 N–H and O–H groups in total. The lowest BCUT2D eigenvalue weighted by molar-refractivity contribution is 0.0935. The van der Waals surface area contributed by atoms with Gasteiger partial charge in [-0.15, -0.1) is 11.3 Å². The smallest absolute Gasteiger partial charge is 0.271 e. The van der Waals surface area contributed by atoms with E-state index in [2.05, 4.69) is 15.6 Å². The van der Waals surface area contributed by atoms with Crippen LogP contribution in [0.4, 0.5) is 10.8 Å². The Morgan fingerprint density at radius 3 is 2.37 bits per heavy atom. The van der Waals surface area contributed by atoms with E-state index in [0.717, 1.165) is 11.8 Å². The van der Waals surface area contributed by atoms with Crippen molar-refractivity contribution in [2.45, 2.75) is 17.9 Å². The van der Waals surface area contributed by atoms with Crippen molar-refractivity contribution in [2.24, 2.45) is 0 Å². The second-order valence-corrected chi connectivity index (χ2v) is 8.94. The fraction of sp³-hybridized carbons (Fsp3) is 0.158.